The molecule has 1 aliphatic carbocycles. The topological polar surface area (TPSA) is 64.3 Å². The van der Waals surface area contributed by atoms with Crippen LogP contribution in [-0.4, -0.2) is 25.1 Å². The van der Waals surface area contributed by atoms with Crippen molar-refractivity contribution in [3.8, 4) is 5.75 Å². The molecule has 0 heterocycles. The van der Waals surface area contributed by atoms with E-state index in [2.05, 4.69) is 5.32 Å². The number of nitrogens with one attached hydrogen (secondary N) is 1. The van der Waals surface area contributed by atoms with E-state index in [1.807, 2.05) is 24.3 Å². The number of benzene rings is 1. The van der Waals surface area contributed by atoms with Crippen molar-refractivity contribution in [2.24, 2.45) is 5.73 Å². The zero-order chi connectivity index (χ0) is 13.7. The third-order valence-corrected chi connectivity index (χ3v) is 3.66. The molecule has 0 radical (unpaired) electrons. The molecule has 2 atom stereocenters. The molecule has 2 rings (SSSR count). The Kier molecular flexibility index (Phi) is 4.80. The lowest BCUT2D eigenvalue weighted by Gasteiger charge is -2.29. The van der Waals surface area contributed by atoms with Crippen LogP contribution in [-0.2, 0) is 11.2 Å². The van der Waals surface area contributed by atoms with E-state index in [1.54, 1.807) is 7.11 Å². The Balaban J connectivity index is 1.89. The van der Waals surface area contributed by atoms with Crippen LogP contribution in [0.4, 0.5) is 0 Å². The minimum absolute atomic E-state index is 0.0376. The summed E-state index contributed by atoms with van der Waals surface area (Å²) in [6.07, 6.45) is 4.69. The molecule has 0 spiro atoms. The molecule has 0 saturated heterocycles. The summed E-state index contributed by atoms with van der Waals surface area (Å²) in [5, 5.41) is 3.05. The van der Waals surface area contributed by atoms with Crippen molar-refractivity contribution in [3.63, 3.8) is 0 Å². The minimum atomic E-state index is 0.0376. The molecule has 1 aliphatic rings. The highest BCUT2D eigenvalue weighted by atomic mass is 16.5. The van der Waals surface area contributed by atoms with Gasteiger partial charge in [-0.1, -0.05) is 25.0 Å². The Morgan fingerprint density at radius 1 is 1.42 bits per heavy atom. The Hall–Kier alpha value is -1.55. The summed E-state index contributed by atoms with van der Waals surface area (Å²) in [7, 11) is 1.63. The van der Waals surface area contributed by atoms with Crippen molar-refractivity contribution in [1.29, 1.82) is 0 Å². The van der Waals surface area contributed by atoms with Crippen LogP contribution in [0.1, 0.15) is 31.2 Å². The number of nitrogens with two attached hydrogens (primary N) is 1. The first kappa shape index (κ1) is 13.9. The molecule has 1 aromatic rings. The zero-order valence-electron chi connectivity index (χ0n) is 11.4. The molecule has 19 heavy (non-hydrogen) atoms. The van der Waals surface area contributed by atoms with Crippen LogP contribution in [0.2, 0.25) is 0 Å². The molecule has 0 aromatic heterocycles. The molecule has 4 nitrogen and oxygen atoms in total. The van der Waals surface area contributed by atoms with E-state index in [-0.39, 0.29) is 18.0 Å². The molecule has 1 fully saturated rings. The van der Waals surface area contributed by atoms with Gasteiger partial charge in [-0.2, -0.15) is 0 Å². The predicted molar refractivity (Wildman–Crippen MR) is 75.1 cm³/mol. The fourth-order valence-corrected chi connectivity index (χ4v) is 2.56. The van der Waals surface area contributed by atoms with E-state index >= 15 is 0 Å². The highest BCUT2D eigenvalue weighted by Gasteiger charge is 2.23. The second kappa shape index (κ2) is 6.57. The quantitative estimate of drug-likeness (QED) is 0.866. The smallest absolute Gasteiger partial charge is 0.224 e. The fraction of sp³-hybridized carbons (Fsp3) is 0.533. The number of methoxy groups -OCH3 is 1. The van der Waals surface area contributed by atoms with Gasteiger partial charge in [-0.3, -0.25) is 4.79 Å². The Morgan fingerprint density at radius 2 is 2.21 bits per heavy atom. The molecule has 4 heteroatoms. The zero-order valence-corrected chi connectivity index (χ0v) is 11.4. The van der Waals surface area contributed by atoms with Crippen LogP contribution >= 0.6 is 0 Å². The second-order valence-corrected chi connectivity index (χ2v) is 5.15. The molecule has 3 N–H and O–H groups in total. The lowest BCUT2D eigenvalue weighted by Crippen LogP contribution is -2.49. The van der Waals surface area contributed by atoms with Crippen molar-refractivity contribution in [2.75, 3.05) is 7.11 Å². The molecule has 2 unspecified atom stereocenters. The van der Waals surface area contributed by atoms with Gasteiger partial charge in [0.2, 0.25) is 5.91 Å². The van der Waals surface area contributed by atoms with Gasteiger partial charge in [0, 0.05) is 12.1 Å². The molecule has 1 aromatic carbocycles. The number of carbonyl (C=O) groups excluding carboxylic acids is 1. The average molecular weight is 262 g/mol. The van der Waals surface area contributed by atoms with Crippen LogP contribution in [0.5, 0.6) is 5.75 Å². The first-order valence-electron chi connectivity index (χ1n) is 6.87. The number of hydrogen-bond donors (Lipinski definition) is 2. The maximum atomic E-state index is 12.0. The third kappa shape index (κ3) is 3.96. The lowest BCUT2D eigenvalue weighted by molar-refractivity contribution is -0.121. The van der Waals surface area contributed by atoms with Gasteiger partial charge in [-0.25, -0.2) is 0 Å². The molecular formula is C15H22N2O2. The van der Waals surface area contributed by atoms with Crippen molar-refractivity contribution >= 4 is 5.91 Å². The summed E-state index contributed by atoms with van der Waals surface area (Å²) in [5.41, 5.74) is 6.99. The van der Waals surface area contributed by atoms with Gasteiger partial charge in [-0.15, -0.1) is 0 Å². The van der Waals surface area contributed by atoms with Crippen LogP contribution in [0, 0.1) is 0 Å². The normalized spacial score (nSPS) is 22.8. The van der Waals surface area contributed by atoms with Crippen LogP contribution in [0.15, 0.2) is 24.3 Å². The lowest BCUT2D eigenvalue weighted by atomic mass is 9.91. The summed E-state index contributed by atoms with van der Waals surface area (Å²) in [6.45, 7) is 0. The summed E-state index contributed by atoms with van der Waals surface area (Å²) >= 11 is 0. The Labute approximate surface area is 114 Å². The number of hydrogen-bond acceptors (Lipinski definition) is 3. The summed E-state index contributed by atoms with van der Waals surface area (Å²) in [5.74, 6) is 0.815. The van der Waals surface area contributed by atoms with Crippen LogP contribution in [0.3, 0.4) is 0 Å². The summed E-state index contributed by atoms with van der Waals surface area (Å²) in [4.78, 5) is 12.0. The maximum absolute atomic E-state index is 12.0. The Bertz CT molecular complexity index is 434. The van der Waals surface area contributed by atoms with Crippen LogP contribution < -0.4 is 15.8 Å². The second-order valence-electron chi connectivity index (χ2n) is 5.15. The molecule has 104 valence electrons. The number of carbonyl (C=O) groups is 1. The molecule has 0 bridgehead atoms. The molecular weight excluding hydrogens is 240 g/mol. The molecule has 1 saturated carbocycles. The van der Waals surface area contributed by atoms with Crippen LogP contribution in [0.25, 0.3) is 0 Å². The number of amides is 1. The van der Waals surface area contributed by atoms with Crippen molar-refractivity contribution in [3.05, 3.63) is 29.8 Å². The van der Waals surface area contributed by atoms with E-state index in [0.29, 0.717) is 6.42 Å². The summed E-state index contributed by atoms with van der Waals surface area (Å²) in [6, 6.07) is 7.82. The highest BCUT2D eigenvalue weighted by Crippen LogP contribution is 2.17. The average Bonchev–Trinajstić information content (AvgIpc) is 2.41. The van der Waals surface area contributed by atoms with Gasteiger partial charge < -0.3 is 15.8 Å². The Morgan fingerprint density at radius 3 is 2.95 bits per heavy atom. The van der Waals surface area contributed by atoms with Gasteiger partial charge in [0.05, 0.1) is 13.5 Å². The van der Waals surface area contributed by atoms with Crippen molar-refractivity contribution in [1.82, 2.24) is 5.32 Å². The van der Waals surface area contributed by atoms with Gasteiger partial charge >= 0.3 is 0 Å². The first-order valence-corrected chi connectivity index (χ1v) is 6.87. The maximum Gasteiger partial charge on any atom is 0.224 e. The largest absolute Gasteiger partial charge is 0.497 e. The van der Waals surface area contributed by atoms with E-state index in [9.17, 15) is 4.79 Å². The van der Waals surface area contributed by atoms with Gasteiger partial charge in [0.1, 0.15) is 5.75 Å². The van der Waals surface area contributed by atoms with Crippen molar-refractivity contribution in [2.45, 2.75) is 44.2 Å². The van der Waals surface area contributed by atoms with E-state index in [4.69, 9.17) is 10.5 Å². The first-order chi connectivity index (χ1) is 9.19. The van der Waals surface area contributed by atoms with E-state index in [1.165, 1.54) is 6.42 Å². The highest BCUT2D eigenvalue weighted by molar-refractivity contribution is 5.79. The van der Waals surface area contributed by atoms with Gasteiger partial charge in [-0.05, 0) is 30.5 Å². The standard InChI is InChI=1S/C15H22N2O2/c1-19-12-6-4-5-11(9-12)10-15(18)17-14-8-3-2-7-13(14)16/h4-6,9,13-14H,2-3,7-8,10,16H2,1H3,(H,17,18). The van der Waals surface area contributed by atoms with Gasteiger partial charge in [0.25, 0.3) is 0 Å². The monoisotopic (exact) mass is 262 g/mol. The predicted octanol–water partition coefficient (Wildman–Crippen LogP) is 1.62. The van der Waals surface area contributed by atoms with E-state index in [0.717, 1.165) is 30.6 Å². The SMILES string of the molecule is COc1cccc(CC(=O)NC2CCCCC2N)c1. The summed E-state index contributed by atoms with van der Waals surface area (Å²) < 4.78 is 5.15. The van der Waals surface area contributed by atoms with Gasteiger partial charge in [0.15, 0.2) is 0 Å². The number of ether oxygens (including phenoxy) is 1. The minimum Gasteiger partial charge on any atom is -0.497 e. The van der Waals surface area contributed by atoms with E-state index < -0.39 is 0 Å². The van der Waals surface area contributed by atoms with Crippen molar-refractivity contribution < 1.29 is 9.53 Å². The molecule has 1 amide bonds. The molecule has 0 aliphatic heterocycles. The number of rotatable bonds is 4. The fourth-order valence-electron chi connectivity index (χ4n) is 2.56. The third-order valence-electron chi connectivity index (χ3n) is 3.66.